The van der Waals surface area contributed by atoms with E-state index < -0.39 is 0 Å². The van der Waals surface area contributed by atoms with Crippen molar-refractivity contribution in [2.45, 2.75) is 19.6 Å². The van der Waals surface area contributed by atoms with Crippen LogP contribution in [0.3, 0.4) is 0 Å². The molecule has 0 radical (unpaired) electrons. The molecule has 3 rings (SSSR count). The second-order valence-electron chi connectivity index (χ2n) is 4.27. The fourth-order valence-electron chi connectivity index (χ4n) is 2.04. The fraction of sp³-hybridized carbons (Fsp3) is 0.214. The van der Waals surface area contributed by atoms with Gasteiger partial charge in [-0.15, -0.1) is 11.3 Å². The Balaban J connectivity index is 1.83. The van der Waals surface area contributed by atoms with Crippen LogP contribution < -0.4 is 0 Å². The summed E-state index contributed by atoms with van der Waals surface area (Å²) in [4.78, 5) is 13.3. The van der Waals surface area contributed by atoms with Crippen molar-refractivity contribution in [3.8, 4) is 0 Å². The second-order valence-corrected chi connectivity index (χ2v) is 6.12. The molecule has 0 atom stereocenters. The van der Waals surface area contributed by atoms with Crippen LogP contribution in [-0.2, 0) is 24.4 Å². The molecule has 0 fully saturated rings. The van der Waals surface area contributed by atoms with E-state index in [0.717, 1.165) is 20.5 Å². The number of ether oxygens (including phenoxy) is 1. The van der Waals surface area contributed by atoms with E-state index in [9.17, 15) is 4.79 Å². The van der Waals surface area contributed by atoms with Crippen LogP contribution in [0.25, 0.3) is 0 Å². The lowest BCUT2D eigenvalue weighted by Crippen LogP contribution is -2.03. The number of benzene rings is 1. The monoisotopic (exact) mass is 322 g/mol. The molecule has 1 aliphatic rings. The zero-order valence-corrected chi connectivity index (χ0v) is 12.0. The number of Topliss-reactive ketones (excluding diaryl/α,β-unsaturated/α-hetero) is 1. The summed E-state index contributed by atoms with van der Waals surface area (Å²) in [5, 5.41) is 1.99. The highest BCUT2D eigenvalue weighted by Crippen LogP contribution is 2.25. The molecule has 1 aromatic heterocycles. The summed E-state index contributed by atoms with van der Waals surface area (Å²) in [6.45, 7) is 1.29. The average Bonchev–Trinajstić information content (AvgIpc) is 2.98. The van der Waals surface area contributed by atoms with Crippen LogP contribution in [0, 0.1) is 0 Å². The van der Waals surface area contributed by atoms with Crippen LogP contribution in [0.2, 0.25) is 0 Å². The quantitative estimate of drug-likeness (QED) is 0.799. The van der Waals surface area contributed by atoms with Gasteiger partial charge in [-0.05, 0) is 44.6 Å². The molecule has 0 unspecified atom stereocenters. The van der Waals surface area contributed by atoms with E-state index in [2.05, 4.69) is 15.9 Å². The molecule has 18 heavy (non-hydrogen) atoms. The van der Waals surface area contributed by atoms with Gasteiger partial charge in [0.1, 0.15) is 0 Å². The van der Waals surface area contributed by atoms with Gasteiger partial charge in [-0.1, -0.05) is 12.1 Å². The fourth-order valence-corrected chi connectivity index (χ4v) is 3.54. The van der Waals surface area contributed by atoms with Crippen molar-refractivity contribution in [3.63, 3.8) is 0 Å². The summed E-state index contributed by atoms with van der Waals surface area (Å²) in [7, 11) is 0. The first kappa shape index (κ1) is 12.1. The van der Waals surface area contributed by atoms with Gasteiger partial charge in [0.05, 0.1) is 13.2 Å². The maximum absolute atomic E-state index is 12.2. The van der Waals surface area contributed by atoms with Crippen LogP contribution in [0.15, 0.2) is 34.1 Å². The highest BCUT2D eigenvalue weighted by Gasteiger charge is 2.15. The molecule has 2 heterocycles. The molecule has 1 aliphatic heterocycles. The Kier molecular flexibility index (Phi) is 3.33. The van der Waals surface area contributed by atoms with Crippen molar-refractivity contribution in [1.82, 2.24) is 0 Å². The lowest BCUT2D eigenvalue weighted by atomic mass is 10.0. The molecule has 2 nitrogen and oxygen atoms in total. The van der Waals surface area contributed by atoms with Crippen molar-refractivity contribution in [2.24, 2.45) is 0 Å². The van der Waals surface area contributed by atoms with Crippen molar-refractivity contribution in [1.29, 1.82) is 0 Å². The van der Waals surface area contributed by atoms with E-state index >= 15 is 0 Å². The lowest BCUT2D eigenvalue weighted by Gasteiger charge is -2.03. The van der Waals surface area contributed by atoms with Gasteiger partial charge in [0, 0.05) is 21.3 Å². The molecule has 1 aromatic carbocycles. The second kappa shape index (κ2) is 4.96. The average molecular weight is 323 g/mol. The van der Waals surface area contributed by atoms with Gasteiger partial charge in [0.2, 0.25) is 0 Å². The molecule has 0 bridgehead atoms. The zero-order chi connectivity index (χ0) is 12.5. The minimum atomic E-state index is 0.160. The largest absolute Gasteiger partial charge is 0.372 e. The smallest absolute Gasteiger partial charge is 0.168 e. The third-order valence-corrected chi connectivity index (χ3v) is 4.98. The van der Waals surface area contributed by atoms with Gasteiger partial charge >= 0.3 is 0 Å². The van der Waals surface area contributed by atoms with E-state index in [4.69, 9.17) is 4.74 Å². The van der Waals surface area contributed by atoms with Crippen LogP contribution in [0.4, 0.5) is 0 Å². The molecule has 0 spiro atoms. The third-order valence-electron chi connectivity index (χ3n) is 3.06. The molecule has 0 aliphatic carbocycles. The maximum atomic E-state index is 12.2. The maximum Gasteiger partial charge on any atom is 0.168 e. The number of hydrogen-bond acceptors (Lipinski definition) is 3. The molecular formula is C14H11BrO2S. The van der Waals surface area contributed by atoms with Gasteiger partial charge in [-0.25, -0.2) is 0 Å². The van der Waals surface area contributed by atoms with Crippen LogP contribution in [-0.4, -0.2) is 5.78 Å². The molecule has 0 amide bonds. The Hall–Kier alpha value is -0.970. The van der Waals surface area contributed by atoms with Gasteiger partial charge in [0.15, 0.2) is 5.78 Å². The van der Waals surface area contributed by atoms with E-state index in [1.165, 1.54) is 5.56 Å². The predicted octanol–water partition coefficient (Wildman–Crippen LogP) is 3.97. The van der Waals surface area contributed by atoms with E-state index in [0.29, 0.717) is 19.6 Å². The molecule has 92 valence electrons. The van der Waals surface area contributed by atoms with Crippen molar-refractivity contribution < 1.29 is 9.53 Å². The van der Waals surface area contributed by atoms with Gasteiger partial charge in [0.25, 0.3) is 0 Å². The number of hydrogen-bond donors (Lipinski definition) is 0. The summed E-state index contributed by atoms with van der Waals surface area (Å²) in [6, 6.07) is 7.84. The van der Waals surface area contributed by atoms with Gasteiger partial charge < -0.3 is 4.74 Å². The Morgan fingerprint density at radius 2 is 2.11 bits per heavy atom. The summed E-state index contributed by atoms with van der Waals surface area (Å²) >= 11 is 5.06. The topological polar surface area (TPSA) is 26.3 Å². The normalized spacial score (nSPS) is 13.6. The first-order valence-electron chi connectivity index (χ1n) is 5.68. The first-order valence-corrected chi connectivity index (χ1v) is 7.36. The Morgan fingerprint density at radius 1 is 1.28 bits per heavy atom. The minimum absolute atomic E-state index is 0.160. The highest BCUT2D eigenvalue weighted by atomic mass is 79.9. The minimum Gasteiger partial charge on any atom is -0.372 e. The molecular weight excluding hydrogens is 312 g/mol. The molecule has 0 N–H and O–H groups in total. The Bertz CT molecular complexity index is 604. The number of fused-ring (bicyclic) bond motifs is 1. The summed E-state index contributed by atoms with van der Waals surface area (Å²) in [5.74, 6) is 0.160. The number of thiophene rings is 1. The first-order chi connectivity index (χ1) is 8.74. The number of carbonyl (C=O) groups excluding carboxylic acids is 1. The summed E-state index contributed by atoms with van der Waals surface area (Å²) < 4.78 is 6.38. The van der Waals surface area contributed by atoms with Crippen LogP contribution in [0.1, 0.15) is 26.4 Å². The van der Waals surface area contributed by atoms with Crippen molar-refractivity contribution >= 4 is 33.0 Å². The van der Waals surface area contributed by atoms with E-state index in [1.54, 1.807) is 11.3 Å². The van der Waals surface area contributed by atoms with Crippen LogP contribution >= 0.6 is 27.3 Å². The molecule has 0 saturated carbocycles. The number of ketones is 1. The Labute approximate surface area is 118 Å². The summed E-state index contributed by atoms with van der Waals surface area (Å²) in [6.07, 6.45) is 0.456. The summed E-state index contributed by atoms with van der Waals surface area (Å²) in [5.41, 5.74) is 3.12. The third kappa shape index (κ3) is 2.28. The highest BCUT2D eigenvalue weighted by molar-refractivity contribution is 9.10. The van der Waals surface area contributed by atoms with E-state index in [1.807, 2.05) is 29.6 Å². The number of carbonyl (C=O) groups is 1. The molecule has 4 heteroatoms. The molecule has 0 saturated heterocycles. The zero-order valence-electron chi connectivity index (χ0n) is 9.61. The van der Waals surface area contributed by atoms with Gasteiger partial charge in [-0.3, -0.25) is 4.79 Å². The van der Waals surface area contributed by atoms with Crippen LogP contribution in [0.5, 0.6) is 0 Å². The van der Waals surface area contributed by atoms with Crippen molar-refractivity contribution in [3.05, 3.63) is 55.7 Å². The number of halogens is 1. The van der Waals surface area contributed by atoms with Crippen molar-refractivity contribution in [2.75, 3.05) is 0 Å². The predicted molar refractivity (Wildman–Crippen MR) is 75.0 cm³/mol. The molecule has 2 aromatic rings. The lowest BCUT2D eigenvalue weighted by molar-refractivity contribution is 0.0993. The SMILES string of the molecule is O=C(Cc1sccc1Br)c1ccc2c(c1)COC2. The Morgan fingerprint density at radius 3 is 2.89 bits per heavy atom. The van der Waals surface area contributed by atoms with Gasteiger partial charge in [-0.2, -0.15) is 0 Å². The number of rotatable bonds is 3. The van der Waals surface area contributed by atoms with E-state index in [-0.39, 0.29) is 5.78 Å². The standard InChI is InChI=1S/C14H11BrO2S/c15-12-3-4-18-14(12)6-13(16)9-1-2-10-7-17-8-11(10)5-9/h1-5H,6-8H2.